The standard InChI is InChI=1S/C13H22N2O/c1-9(2)15-10(3)8-13(11(15)4)6-7-14-12(5)16/h8-9H,6-7H2,1-5H3,(H,14,16). The molecule has 0 aromatic carbocycles. The van der Waals surface area contributed by atoms with Gasteiger partial charge in [-0.1, -0.05) is 0 Å². The number of nitrogens with zero attached hydrogens (tertiary/aromatic N) is 1. The van der Waals surface area contributed by atoms with Gasteiger partial charge in [0.1, 0.15) is 0 Å². The van der Waals surface area contributed by atoms with E-state index < -0.39 is 0 Å². The molecule has 16 heavy (non-hydrogen) atoms. The van der Waals surface area contributed by atoms with Crippen molar-refractivity contribution in [3.05, 3.63) is 23.0 Å². The molecule has 0 aliphatic carbocycles. The predicted molar refractivity (Wildman–Crippen MR) is 66.7 cm³/mol. The summed E-state index contributed by atoms with van der Waals surface area (Å²) in [5.41, 5.74) is 3.95. The van der Waals surface area contributed by atoms with Crippen LogP contribution in [0.2, 0.25) is 0 Å². The molecule has 3 nitrogen and oxygen atoms in total. The molecule has 0 radical (unpaired) electrons. The van der Waals surface area contributed by atoms with Gasteiger partial charge in [-0.3, -0.25) is 4.79 Å². The van der Waals surface area contributed by atoms with E-state index >= 15 is 0 Å². The molecule has 0 aliphatic heterocycles. The van der Waals surface area contributed by atoms with Gasteiger partial charge in [-0.25, -0.2) is 0 Å². The Morgan fingerprint density at radius 3 is 2.50 bits per heavy atom. The van der Waals surface area contributed by atoms with Gasteiger partial charge < -0.3 is 9.88 Å². The zero-order chi connectivity index (χ0) is 12.3. The third-order valence-electron chi connectivity index (χ3n) is 2.87. The molecule has 0 spiro atoms. The molecule has 1 heterocycles. The molecule has 1 rings (SSSR count). The number of amides is 1. The van der Waals surface area contributed by atoms with E-state index in [0.29, 0.717) is 6.04 Å². The van der Waals surface area contributed by atoms with E-state index in [0.717, 1.165) is 13.0 Å². The fraction of sp³-hybridized carbons (Fsp3) is 0.615. The molecule has 1 N–H and O–H groups in total. The Labute approximate surface area is 97.8 Å². The Bertz CT molecular complexity index is 378. The number of aryl methyl sites for hydroxylation is 1. The van der Waals surface area contributed by atoms with Gasteiger partial charge in [-0.15, -0.1) is 0 Å². The second-order valence-corrected chi connectivity index (χ2v) is 4.59. The SMILES string of the molecule is CC(=O)NCCc1cc(C)n(C(C)C)c1C. The minimum absolute atomic E-state index is 0.0395. The van der Waals surface area contributed by atoms with Gasteiger partial charge in [-0.2, -0.15) is 0 Å². The Hall–Kier alpha value is -1.25. The summed E-state index contributed by atoms with van der Waals surface area (Å²) in [6.45, 7) is 10.9. The maximum atomic E-state index is 10.8. The van der Waals surface area contributed by atoms with Crippen LogP contribution in [0.3, 0.4) is 0 Å². The summed E-state index contributed by atoms with van der Waals surface area (Å²) in [7, 11) is 0. The molecule has 0 fully saturated rings. The van der Waals surface area contributed by atoms with E-state index in [9.17, 15) is 4.79 Å². The molecule has 90 valence electrons. The molecule has 0 saturated heterocycles. The van der Waals surface area contributed by atoms with E-state index in [2.05, 4.69) is 43.6 Å². The minimum Gasteiger partial charge on any atom is -0.356 e. The molecule has 0 bridgehead atoms. The summed E-state index contributed by atoms with van der Waals surface area (Å²) in [6, 6.07) is 2.71. The average Bonchev–Trinajstić information content (AvgIpc) is 2.41. The van der Waals surface area contributed by atoms with E-state index in [1.807, 2.05) is 0 Å². The lowest BCUT2D eigenvalue weighted by Gasteiger charge is -2.13. The highest BCUT2D eigenvalue weighted by Crippen LogP contribution is 2.20. The number of carbonyl (C=O) groups excluding carboxylic acids is 1. The summed E-state index contributed by atoms with van der Waals surface area (Å²) in [4.78, 5) is 10.8. The van der Waals surface area contributed by atoms with Crippen molar-refractivity contribution in [3.63, 3.8) is 0 Å². The maximum Gasteiger partial charge on any atom is 0.216 e. The fourth-order valence-corrected chi connectivity index (χ4v) is 2.27. The summed E-state index contributed by atoms with van der Waals surface area (Å²) in [5.74, 6) is 0.0395. The van der Waals surface area contributed by atoms with Crippen LogP contribution in [0.1, 0.15) is 43.8 Å². The van der Waals surface area contributed by atoms with Crippen LogP contribution in [-0.2, 0) is 11.2 Å². The topological polar surface area (TPSA) is 34.0 Å². The number of aromatic nitrogens is 1. The first-order chi connectivity index (χ1) is 7.43. The highest BCUT2D eigenvalue weighted by atomic mass is 16.1. The summed E-state index contributed by atoms with van der Waals surface area (Å²) >= 11 is 0. The summed E-state index contributed by atoms with van der Waals surface area (Å²) in [6.07, 6.45) is 0.909. The van der Waals surface area contributed by atoms with Gasteiger partial charge >= 0.3 is 0 Å². The Morgan fingerprint density at radius 2 is 2.06 bits per heavy atom. The van der Waals surface area contributed by atoms with E-state index in [-0.39, 0.29) is 5.91 Å². The van der Waals surface area contributed by atoms with Crippen LogP contribution in [0.15, 0.2) is 6.07 Å². The second-order valence-electron chi connectivity index (χ2n) is 4.59. The highest BCUT2D eigenvalue weighted by molar-refractivity contribution is 5.72. The fourth-order valence-electron chi connectivity index (χ4n) is 2.27. The number of nitrogens with one attached hydrogen (secondary N) is 1. The van der Waals surface area contributed by atoms with Crippen molar-refractivity contribution in [1.29, 1.82) is 0 Å². The number of hydrogen-bond acceptors (Lipinski definition) is 1. The van der Waals surface area contributed by atoms with Crippen molar-refractivity contribution >= 4 is 5.91 Å². The van der Waals surface area contributed by atoms with E-state index in [4.69, 9.17) is 0 Å². The van der Waals surface area contributed by atoms with E-state index in [1.165, 1.54) is 17.0 Å². The van der Waals surface area contributed by atoms with Crippen molar-refractivity contribution in [2.24, 2.45) is 0 Å². The zero-order valence-electron chi connectivity index (χ0n) is 10.9. The maximum absolute atomic E-state index is 10.8. The number of rotatable bonds is 4. The Morgan fingerprint density at radius 1 is 1.44 bits per heavy atom. The predicted octanol–water partition coefficient (Wildman–Crippen LogP) is 2.36. The Kier molecular flexibility index (Phi) is 4.16. The van der Waals surface area contributed by atoms with Crippen molar-refractivity contribution < 1.29 is 4.79 Å². The molecule has 3 heteroatoms. The summed E-state index contributed by atoms with van der Waals surface area (Å²) < 4.78 is 2.34. The van der Waals surface area contributed by atoms with Gasteiger partial charge in [0.2, 0.25) is 5.91 Å². The quantitative estimate of drug-likeness (QED) is 0.833. The van der Waals surface area contributed by atoms with Crippen LogP contribution < -0.4 is 5.32 Å². The first-order valence-electron chi connectivity index (χ1n) is 5.85. The molecule has 0 unspecified atom stereocenters. The van der Waals surface area contributed by atoms with Crippen molar-refractivity contribution in [2.45, 2.75) is 47.1 Å². The normalized spacial score (nSPS) is 10.9. The van der Waals surface area contributed by atoms with Crippen LogP contribution in [0, 0.1) is 13.8 Å². The molecule has 1 amide bonds. The molecular weight excluding hydrogens is 200 g/mol. The lowest BCUT2D eigenvalue weighted by Crippen LogP contribution is -2.22. The lowest BCUT2D eigenvalue weighted by molar-refractivity contribution is -0.118. The second kappa shape index (κ2) is 5.19. The third-order valence-corrected chi connectivity index (χ3v) is 2.87. The largest absolute Gasteiger partial charge is 0.356 e. The average molecular weight is 222 g/mol. The minimum atomic E-state index is 0.0395. The lowest BCUT2D eigenvalue weighted by atomic mass is 10.2. The molecule has 1 aromatic heterocycles. The van der Waals surface area contributed by atoms with Crippen molar-refractivity contribution in [1.82, 2.24) is 9.88 Å². The van der Waals surface area contributed by atoms with Crippen LogP contribution in [0.4, 0.5) is 0 Å². The van der Waals surface area contributed by atoms with Crippen molar-refractivity contribution in [2.75, 3.05) is 6.54 Å². The third kappa shape index (κ3) is 2.87. The molecule has 0 atom stereocenters. The molecular formula is C13H22N2O. The van der Waals surface area contributed by atoms with E-state index in [1.54, 1.807) is 6.92 Å². The van der Waals surface area contributed by atoms with Gasteiger partial charge in [0, 0.05) is 30.9 Å². The monoisotopic (exact) mass is 222 g/mol. The zero-order valence-corrected chi connectivity index (χ0v) is 10.9. The van der Waals surface area contributed by atoms with Crippen LogP contribution >= 0.6 is 0 Å². The molecule has 1 aromatic rings. The summed E-state index contributed by atoms with van der Waals surface area (Å²) in [5, 5.41) is 2.83. The van der Waals surface area contributed by atoms with Crippen LogP contribution in [0.25, 0.3) is 0 Å². The van der Waals surface area contributed by atoms with Crippen LogP contribution in [0.5, 0.6) is 0 Å². The first kappa shape index (κ1) is 12.8. The van der Waals surface area contributed by atoms with Gasteiger partial charge in [0.05, 0.1) is 0 Å². The van der Waals surface area contributed by atoms with Crippen LogP contribution in [-0.4, -0.2) is 17.0 Å². The Balaban J connectivity index is 2.75. The first-order valence-corrected chi connectivity index (χ1v) is 5.85. The molecule has 0 saturated carbocycles. The molecule has 0 aliphatic rings. The van der Waals surface area contributed by atoms with Gasteiger partial charge in [-0.05, 0) is 45.7 Å². The van der Waals surface area contributed by atoms with Gasteiger partial charge in [0.15, 0.2) is 0 Å². The smallest absolute Gasteiger partial charge is 0.216 e. The van der Waals surface area contributed by atoms with Gasteiger partial charge in [0.25, 0.3) is 0 Å². The number of carbonyl (C=O) groups is 1. The van der Waals surface area contributed by atoms with Crippen molar-refractivity contribution in [3.8, 4) is 0 Å². The highest BCUT2D eigenvalue weighted by Gasteiger charge is 2.10. The number of hydrogen-bond donors (Lipinski definition) is 1.